The van der Waals surface area contributed by atoms with E-state index in [9.17, 15) is 14.4 Å². The molecule has 426 valence electrons. The minimum atomic E-state index is -1.71. The molecule has 0 saturated heterocycles. The molecule has 0 N–H and O–H groups in total. The van der Waals surface area contributed by atoms with Crippen LogP contribution < -0.4 is 0 Å². The van der Waals surface area contributed by atoms with Crippen molar-refractivity contribution in [3.05, 3.63) is 38.0 Å². The molecule has 0 aromatic heterocycles. The molecule has 0 aromatic rings. The highest BCUT2D eigenvalue weighted by Crippen LogP contribution is 2.28. The van der Waals surface area contributed by atoms with E-state index in [2.05, 4.69) is 152 Å². The molecule has 0 fully saturated rings. The Labute approximate surface area is 457 Å². The number of ketones is 1. The Bertz CT molecular complexity index is 1480. The number of likely N-dealkylation sites (N-methyl/N-ethyl adjacent to an activating group) is 1. The number of carbonyl (C=O) groups is 3. The number of amides is 2. The zero-order valence-corrected chi connectivity index (χ0v) is 59.8. The molecule has 0 aliphatic rings. The van der Waals surface area contributed by atoms with Gasteiger partial charge in [-0.25, -0.2) is 0 Å². The van der Waals surface area contributed by atoms with E-state index < -0.39 is 66.5 Å². The van der Waals surface area contributed by atoms with Crippen LogP contribution in [0, 0.1) is 0 Å². The summed E-state index contributed by atoms with van der Waals surface area (Å²) in [6.45, 7) is 59.6. The Morgan fingerprint density at radius 3 is 0.861 bits per heavy atom. The monoisotopic (exact) mass is 1150 g/mol. The van der Waals surface area contributed by atoms with Crippen LogP contribution in [-0.4, -0.2) is 121 Å². The van der Waals surface area contributed by atoms with Gasteiger partial charge in [0.05, 0.1) is 0 Å². The molecule has 72 heavy (non-hydrogen) atoms. The molecule has 9 nitrogen and oxygen atoms in total. The van der Waals surface area contributed by atoms with Gasteiger partial charge in [0.25, 0.3) is 0 Å². The third-order valence-electron chi connectivity index (χ3n) is 13.1. The third kappa shape index (κ3) is 43.5. The van der Waals surface area contributed by atoms with E-state index in [1.807, 2.05) is 11.9 Å². The van der Waals surface area contributed by atoms with Crippen molar-refractivity contribution in [1.29, 1.82) is 0 Å². The maximum atomic E-state index is 12.5. The highest BCUT2D eigenvalue weighted by molar-refractivity contribution is 6.86. The van der Waals surface area contributed by atoms with Crippen LogP contribution in [-0.2, 0) is 30.8 Å². The van der Waals surface area contributed by atoms with Crippen molar-refractivity contribution in [2.45, 2.75) is 271 Å². The second kappa shape index (κ2) is 38.1. The molecule has 0 heterocycles. The normalized spacial score (nSPS) is 12.8. The number of nitrogens with zero attached hydrogens (tertiary/aromatic N) is 2. The van der Waals surface area contributed by atoms with Crippen molar-refractivity contribution in [1.82, 2.24) is 9.80 Å². The molecule has 0 bridgehead atoms. The highest BCUT2D eigenvalue weighted by Gasteiger charge is 2.36. The Morgan fingerprint density at radius 2 is 0.611 bits per heavy atom. The summed E-state index contributed by atoms with van der Waals surface area (Å²) in [5.74, 6) is 0.229. The average molecular weight is 1150 g/mol. The number of allylic oxidation sites excluding steroid dienone is 1. The smallest absolute Gasteiger partial charge is 0.245 e. The van der Waals surface area contributed by atoms with Gasteiger partial charge in [-0.3, -0.25) is 14.4 Å². The quantitative estimate of drug-likeness (QED) is 0.0343. The lowest BCUT2D eigenvalue weighted by molar-refractivity contribution is -0.126. The summed E-state index contributed by atoms with van der Waals surface area (Å²) in [6, 6.07) is 9.53. The second-order valence-corrected chi connectivity index (χ2v) is 61.0. The van der Waals surface area contributed by atoms with Crippen LogP contribution in [0.4, 0.5) is 0 Å². The van der Waals surface area contributed by atoms with E-state index in [4.69, 9.17) is 16.5 Å². The molecule has 0 rings (SSSR count). The van der Waals surface area contributed by atoms with E-state index in [0.29, 0.717) is 6.42 Å². The van der Waals surface area contributed by atoms with Gasteiger partial charge < -0.3 is 26.3 Å². The summed E-state index contributed by atoms with van der Waals surface area (Å²) < 4.78 is 26.6. The number of unbranched alkanes of at least 4 members (excludes halogenated alkanes) is 5. The summed E-state index contributed by atoms with van der Waals surface area (Å²) >= 11 is 0. The van der Waals surface area contributed by atoms with Crippen molar-refractivity contribution in [2.75, 3.05) is 26.7 Å². The number of rotatable bonds is 40. The van der Waals surface area contributed by atoms with Crippen molar-refractivity contribution < 1.29 is 30.8 Å². The van der Waals surface area contributed by atoms with Gasteiger partial charge in [0, 0.05) is 33.1 Å². The Hall–Kier alpha value is -0.595. The summed E-state index contributed by atoms with van der Waals surface area (Å²) in [5, 5.41) is 0. The van der Waals surface area contributed by atoms with Gasteiger partial charge in [-0.2, -0.15) is 0 Å². The van der Waals surface area contributed by atoms with Crippen LogP contribution in [0.15, 0.2) is 38.0 Å². The molecular formula is C55H122N2O7Si8. The molecule has 0 unspecified atom stereocenters. The molecule has 0 radical (unpaired) electrons. The predicted molar refractivity (Wildman–Crippen MR) is 340 cm³/mol. The topological polar surface area (TPSA) is 94.6 Å². The van der Waals surface area contributed by atoms with Crippen molar-refractivity contribution in [3.8, 4) is 0 Å². The van der Waals surface area contributed by atoms with E-state index in [-0.39, 0.29) is 17.6 Å². The van der Waals surface area contributed by atoms with Crippen LogP contribution in [0.3, 0.4) is 0 Å². The standard InChI is InChI=1S/C25H57NO3Si4.C15H33NO2Si2.C15H32O2Si2/c1-12-15-21-30(4,5)28-32(8,9)23-17-19-26(25(27)14-3)20-18-24-33(10,11)29-31(6,7)22-16-13-2;1-8-10-13-19(4,5)18-20(6,7)14-11-12-16(3)15(17)9-2;1-7-9-13-18(3,4)17-19(5,6)14-11-10-12-15(16)8-2/h14H,3,12-13,15-24H2,1-2,4-11H3;9H,2,8,10-14H2,1,3-7H3;8H,2,7,9-14H2,1,3-6H3. The Morgan fingerprint density at radius 1 is 0.361 bits per heavy atom. The van der Waals surface area contributed by atoms with Crippen molar-refractivity contribution >= 4 is 84.1 Å². The molecule has 0 atom stereocenters. The van der Waals surface area contributed by atoms with Crippen LogP contribution in [0.5, 0.6) is 0 Å². The van der Waals surface area contributed by atoms with Gasteiger partial charge >= 0.3 is 0 Å². The van der Waals surface area contributed by atoms with Gasteiger partial charge in [0.15, 0.2) is 72.3 Å². The van der Waals surface area contributed by atoms with Gasteiger partial charge in [0.2, 0.25) is 11.8 Å². The lowest BCUT2D eigenvalue weighted by Gasteiger charge is -2.35. The first-order valence-electron chi connectivity index (χ1n) is 28.7. The molecule has 0 aliphatic heterocycles. The van der Waals surface area contributed by atoms with Gasteiger partial charge in [-0.15, -0.1) is 0 Å². The number of carbonyl (C=O) groups excluding carboxylic acids is 3. The average Bonchev–Trinajstić information content (AvgIpc) is 3.25. The highest BCUT2D eigenvalue weighted by atomic mass is 28.4. The summed E-state index contributed by atoms with van der Waals surface area (Å²) in [6.07, 6.45) is 20.2. The first-order chi connectivity index (χ1) is 32.9. The van der Waals surface area contributed by atoms with Crippen LogP contribution in [0.25, 0.3) is 0 Å². The lowest BCUT2D eigenvalue weighted by atomic mass is 10.2. The molecule has 2 amide bonds. The summed E-state index contributed by atoms with van der Waals surface area (Å²) in [4.78, 5) is 38.8. The molecule has 0 aromatic carbocycles. The summed E-state index contributed by atoms with van der Waals surface area (Å²) in [7, 11) is -10.9. The first kappa shape index (κ1) is 75.6. The zero-order valence-electron chi connectivity index (χ0n) is 51.8. The first-order valence-corrected chi connectivity index (χ1v) is 53.6. The van der Waals surface area contributed by atoms with Gasteiger partial charge in [-0.1, -0.05) is 105 Å². The summed E-state index contributed by atoms with van der Waals surface area (Å²) in [5.41, 5.74) is 0. The van der Waals surface area contributed by atoms with E-state index >= 15 is 0 Å². The van der Waals surface area contributed by atoms with Crippen LogP contribution >= 0.6 is 0 Å². The zero-order chi connectivity index (χ0) is 56.5. The Kier molecular flexibility index (Phi) is 40.0. The molecular weight excluding hydrogens is 1030 g/mol. The molecule has 0 saturated carbocycles. The Balaban J connectivity index is -0.00000105. The fraction of sp³-hybridized carbons (Fsp3) is 0.836. The largest absolute Gasteiger partial charge is 0.455 e. The molecule has 0 aliphatic carbocycles. The van der Waals surface area contributed by atoms with E-state index in [1.54, 1.807) is 4.90 Å². The van der Waals surface area contributed by atoms with E-state index in [1.165, 1.54) is 99.8 Å². The van der Waals surface area contributed by atoms with Crippen molar-refractivity contribution in [2.24, 2.45) is 0 Å². The SMILES string of the molecule is C=CC(=O)CCCC[Si](C)(C)O[Si](C)(C)CCCC.C=CC(=O)N(C)CCC[Si](C)(C)O[Si](C)(C)CCCC.C=CC(=O)N(CCC[Si](C)(C)O[Si](C)(C)CCCC)CCC[Si](C)(C)O[Si](C)(C)CCCC. The second-order valence-electron chi connectivity index (χ2n) is 25.6. The number of hydrogen-bond acceptors (Lipinski definition) is 7. The molecule has 0 spiro atoms. The van der Waals surface area contributed by atoms with Crippen LogP contribution in [0.1, 0.15) is 118 Å². The third-order valence-corrected chi connectivity index (χ3v) is 43.3. The molecule has 17 heteroatoms. The maximum Gasteiger partial charge on any atom is 0.245 e. The van der Waals surface area contributed by atoms with Gasteiger partial charge in [0.1, 0.15) is 0 Å². The maximum absolute atomic E-state index is 12.5. The predicted octanol–water partition coefficient (Wildman–Crippen LogP) is 17.6. The van der Waals surface area contributed by atoms with E-state index in [0.717, 1.165) is 69.9 Å². The fourth-order valence-corrected chi connectivity index (χ4v) is 45.8. The minimum absolute atomic E-state index is 0.00282. The van der Waals surface area contributed by atoms with Gasteiger partial charge in [-0.05, 0) is 197 Å². The fourth-order valence-electron chi connectivity index (χ4n) is 9.62. The number of hydrogen-bond donors (Lipinski definition) is 0. The van der Waals surface area contributed by atoms with Crippen LogP contribution in [0.2, 0.25) is 153 Å². The lowest BCUT2D eigenvalue weighted by Crippen LogP contribution is -2.45. The van der Waals surface area contributed by atoms with Crippen molar-refractivity contribution in [3.63, 3.8) is 0 Å². The minimum Gasteiger partial charge on any atom is -0.455 e.